The molecule has 2 aromatic heterocycles. The molecule has 1 N–H and O–H groups in total. The molecule has 2 fully saturated rings. The first-order valence-electron chi connectivity index (χ1n) is 11.9. The van der Waals surface area contributed by atoms with Crippen molar-refractivity contribution in [2.45, 2.75) is 64.7 Å². The fraction of sp³-hybridized carbons (Fsp3) is 0.500. The second-order valence-electron chi connectivity index (χ2n) is 11.1. The van der Waals surface area contributed by atoms with Crippen LogP contribution in [0.1, 0.15) is 58.2 Å². The Hall–Kier alpha value is -3.51. The van der Waals surface area contributed by atoms with Gasteiger partial charge >= 0.3 is 6.09 Å². The van der Waals surface area contributed by atoms with Crippen molar-refractivity contribution in [2.75, 3.05) is 11.4 Å². The predicted molar refractivity (Wildman–Crippen MR) is 129 cm³/mol. The highest BCUT2D eigenvalue weighted by atomic mass is 16.6. The van der Waals surface area contributed by atoms with E-state index < -0.39 is 17.3 Å². The number of carbonyl (C=O) groups excluding carboxylic acids is 1. The highest BCUT2D eigenvalue weighted by molar-refractivity contribution is 5.89. The van der Waals surface area contributed by atoms with Gasteiger partial charge in [-0.1, -0.05) is 13.8 Å². The first-order chi connectivity index (χ1) is 16.5. The van der Waals surface area contributed by atoms with Crippen LogP contribution in [0.4, 0.5) is 10.6 Å². The number of hydrogen-bond acceptors (Lipinski definition) is 7. The minimum Gasteiger partial charge on any atom is -0.441 e. The number of carbonyl (C=O) groups is 1. The molecule has 3 heterocycles. The van der Waals surface area contributed by atoms with Gasteiger partial charge in [-0.05, 0) is 62.6 Å². The summed E-state index contributed by atoms with van der Waals surface area (Å²) < 4.78 is 8.13. The number of hydrogen-bond donors (Lipinski definition) is 1. The number of benzene rings is 1. The zero-order valence-corrected chi connectivity index (χ0v) is 20.5. The molecule has 1 aromatic carbocycles. The van der Waals surface area contributed by atoms with E-state index in [1.165, 1.54) is 12.4 Å². The van der Waals surface area contributed by atoms with Crippen LogP contribution < -0.4 is 4.90 Å². The summed E-state index contributed by atoms with van der Waals surface area (Å²) in [4.78, 5) is 27.6. The van der Waals surface area contributed by atoms with E-state index >= 15 is 0 Å². The standard InChI is InChI=1S/C26H30N6O3/c1-24(2)7-8-26(10-18(24)14-31-16-30-19-6-5-17(11-27)9-20(19)31)15-32(23(33)35-26)22-13-28-21(12-29-22)25(3,4)34/h5-6,9,12-13,16,18,34H,7-8,10,14-15H2,1-4H3/t18-,26-/m0/s1. The van der Waals surface area contributed by atoms with Crippen LogP contribution in [-0.2, 0) is 16.9 Å². The van der Waals surface area contributed by atoms with Crippen molar-refractivity contribution in [1.29, 1.82) is 5.26 Å². The molecule has 5 rings (SSSR count). The van der Waals surface area contributed by atoms with E-state index in [0.29, 0.717) is 23.6 Å². The fourth-order valence-corrected chi connectivity index (χ4v) is 5.22. The van der Waals surface area contributed by atoms with Crippen molar-refractivity contribution < 1.29 is 14.6 Å². The Labute approximate surface area is 204 Å². The van der Waals surface area contributed by atoms with Crippen molar-refractivity contribution in [2.24, 2.45) is 11.3 Å². The van der Waals surface area contributed by atoms with Crippen LogP contribution in [0.3, 0.4) is 0 Å². The smallest absolute Gasteiger partial charge is 0.416 e. The average molecular weight is 475 g/mol. The molecule has 9 nitrogen and oxygen atoms in total. The predicted octanol–water partition coefficient (Wildman–Crippen LogP) is 4.15. The molecule has 3 aromatic rings. The number of imidazole rings is 1. The monoisotopic (exact) mass is 474 g/mol. The molecule has 1 amide bonds. The molecule has 35 heavy (non-hydrogen) atoms. The lowest BCUT2D eigenvalue weighted by Gasteiger charge is -2.46. The van der Waals surface area contributed by atoms with E-state index in [1.807, 2.05) is 18.5 Å². The van der Waals surface area contributed by atoms with E-state index in [4.69, 9.17) is 4.74 Å². The number of rotatable bonds is 4. The molecule has 9 heteroatoms. The van der Waals surface area contributed by atoms with Gasteiger partial charge in [0.25, 0.3) is 0 Å². The highest BCUT2D eigenvalue weighted by Crippen LogP contribution is 2.49. The molecule has 0 radical (unpaired) electrons. The number of nitriles is 1. The van der Waals surface area contributed by atoms with E-state index in [-0.39, 0.29) is 11.3 Å². The minimum absolute atomic E-state index is 0.0443. The van der Waals surface area contributed by atoms with Crippen LogP contribution in [0.15, 0.2) is 36.9 Å². The fourth-order valence-electron chi connectivity index (χ4n) is 5.22. The largest absolute Gasteiger partial charge is 0.441 e. The van der Waals surface area contributed by atoms with Crippen LogP contribution >= 0.6 is 0 Å². The van der Waals surface area contributed by atoms with Gasteiger partial charge in [-0.25, -0.2) is 14.8 Å². The van der Waals surface area contributed by atoms with Crippen LogP contribution in [-0.4, -0.2) is 42.9 Å². The van der Waals surface area contributed by atoms with Gasteiger partial charge in [0.15, 0.2) is 5.82 Å². The molecule has 0 bridgehead atoms. The summed E-state index contributed by atoms with van der Waals surface area (Å²) in [5.74, 6) is 0.654. The van der Waals surface area contributed by atoms with Gasteiger partial charge in [0.05, 0.1) is 53.6 Å². The van der Waals surface area contributed by atoms with Crippen LogP contribution in [0, 0.1) is 22.7 Å². The summed E-state index contributed by atoms with van der Waals surface area (Å²) >= 11 is 0. The molecule has 1 aliphatic heterocycles. The molecular formula is C26H30N6O3. The lowest BCUT2D eigenvalue weighted by Crippen LogP contribution is -2.47. The third-order valence-electron chi connectivity index (χ3n) is 7.63. The maximum absolute atomic E-state index is 12.9. The Balaban J connectivity index is 1.38. The number of anilines is 1. The highest BCUT2D eigenvalue weighted by Gasteiger charge is 2.53. The van der Waals surface area contributed by atoms with Gasteiger partial charge < -0.3 is 14.4 Å². The SMILES string of the molecule is CC(C)(O)c1cnc(N2C[C@@]3(CCC(C)(C)[C@H](Cn4cnc5ccc(C#N)cc54)C3)OC2=O)cn1. The summed E-state index contributed by atoms with van der Waals surface area (Å²) in [5, 5.41) is 19.5. The minimum atomic E-state index is -1.11. The second-order valence-corrected chi connectivity index (χ2v) is 11.1. The Morgan fingerprint density at radius 3 is 2.71 bits per heavy atom. The number of nitrogens with zero attached hydrogens (tertiary/aromatic N) is 6. The number of fused-ring (bicyclic) bond motifs is 1. The van der Waals surface area contributed by atoms with Crippen LogP contribution in [0.5, 0.6) is 0 Å². The molecule has 2 atom stereocenters. The molecule has 1 spiro atoms. The second kappa shape index (κ2) is 8.02. The first-order valence-corrected chi connectivity index (χ1v) is 11.9. The van der Waals surface area contributed by atoms with Crippen molar-refractivity contribution in [3.05, 3.63) is 48.2 Å². The number of ether oxygens (including phenoxy) is 1. The Morgan fingerprint density at radius 2 is 2.03 bits per heavy atom. The van der Waals surface area contributed by atoms with Gasteiger partial charge in [0, 0.05) is 6.54 Å². The lowest BCUT2D eigenvalue weighted by molar-refractivity contribution is -0.0417. The maximum Gasteiger partial charge on any atom is 0.416 e. The Bertz CT molecular complexity index is 1320. The summed E-state index contributed by atoms with van der Waals surface area (Å²) in [5.41, 5.74) is 1.19. The van der Waals surface area contributed by atoms with Gasteiger partial charge in [-0.3, -0.25) is 9.88 Å². The zero-order chi connectivity index (χ0) is 25.0. The quantitative estimate of drug-likeness (QED) is 0.604. The topological polar surface area (TPSA) is 117 Å². The van der Waals surface area contributed by atoms with Gasteiger partial charge in [-0.2, -0.15) is 5.26 Å². The Kier molecular flexibility index (Phi) is 5.33. The molecular weight excluding hydrogens is 444 g/mol. The third-order valence-corrected chi connectivity index (χ3v) is 7.63. The first kappa shape index (κ1) is 23.2. The summed E-state index contributed by atoms with van der Waals surface area (Å²) in [6.07, 6.45) is 6.84. The van der Waals surface area contributed by atoms with Gasteiger partial charge in [0.1, 0.15) is 11.2 Å². The van der Waals surface area contributed by atoms with Crippen molar-refractivity contribution in [3.63, 3.8) is 0 Å². The van der Waals surface area contributed by atoms with Crippen molar-refractivity contribution in [1.82, 2.24) is 19.5 Å². The number of aliphatic hydroxyl groups is 1. The maximum atomic E-state index is 12.9. The van der Waals surface area contributed by atoms with Crippen LogP contribution in [0.25, 0.3) is 11.0 Å². The number of amides is 1. The third kappa shape index (κ3) is 4.23. The van der Waals surface area contributed by atoms with E-state index in [2.05, 4.69) is 39.4 Å². The number of aromatic nitrogens is 4. The van der Waals surface area contributed by atoms with E-state index in [0.717, 1.165) is 36.8 Å². The van der Waals surface area contributed by atoms with Crippen molar-refractivity contribution in [3.8, 4) is 6.07 Å². The molecule has 1 aliphatic carbocycles. The molecule has 2 aliphatic rings. The van der Waals surface area contributed by atoms with Gasteiger partial charge in [-0.15, -0.1) is 0 Å². The van der Waals surface area contributed by atoms with E-state index in [9.17, 15) is 15.2 Å². The molecule has 182 valence electrons. The van der Waals surface area contributed by atoms with E-state index in [1.54, 1.807) is 24.8 Å². The van der Waals surface area contributed by atoms with Gasteiger partial charge in [0.2, 0.25) is 0 Å². The summed E-state index contributed by atoms with van der Waals surface area (Å²) in [6.45, 7) is 8.95. The summed E-state index contributed by atoms with van der Waals surface area (Å²) in [6, 6.07) is 7.73. The molecule has 1 saturated carbocycles. The zero-order valence-electron chi connectivity index (χ0n) is 20.5. The summed E-state index contributed by atoms with van der Waals surface area (Å²) in [7, 11) is 0. The molecule has 0 unspecified atom stereocenters. The van der Waals surface area contributed by atoms with Crippen LogP contribution in [0.2, 0.25) is 0 Å². The normalized spacial score (nSPS) is 24.1. The molecule has 1 saturated heterocycles. The average Bonchev–Trinajstić information content (AvgIpc) is 3.36. The Morgan fingerprint density at radius 1 is 1.23 bits per heavy atom. The van der Waals surface area contributed by atoms with Crippen molar-refractivity contribution >= 4 is 22.9 Å². The lowest BCUT2D eigenvalue weighted by atomic mass is 9.63.